The fraction of sp³-hybridized carbons (Fsp3) is 0.556. The molecule has 2 aliphatic rings. The Labute approximate surface area is 171 Å². The van der Waals surface area contributed by atoms with E-state index in [4.69, 9.17) is 0 Å². The molecule has 0 saturated carbocycles. The first-order chi connectivity index (χ1) is 12.0. The van der Waals surface area contributed by atoms with Gasteiger partial charge >= 0.3 is 0 Å². The largest absolute Gasteiger partial charge is 0.339 e. The highest BCUT2D eigenvalue weighted by atomic mass is 35.5. The van der Waals surface area contributed by atoms with Gasteiger partial charge in [0.15, 0.2) is 0 Å². The van der Waals surface area contributed by atoms with E-state index in [0.717, 1.165) is 19.4 Å². The van der Waals surface area contributed by atoms with Gasteiger partial charge in [-0.2, -0.15) is 0 Å². The van der Waals surface area contributed by atoms with Gasteiger partial charge in [0.2, 0.25) is 11.8 Å². The molecular formula is C18H27Cl2FN4O2. The van der Waals surface area contributed by atoms with E-state index in [1.165, 1.54) is 12.1 Å². The van der Waals surface area contributed by atoms with Gasteiger partial charge in [0, 0.05) is 31.9 Å². The average Bonchev–Trinajstić information content (AvgIpc) is 3.15. The van der Waals surface area contributed by atoms with E-state index >= 15 is 0 Å². The minimum Gasteiger partial charge on any atom is -0.339 e. The Hall–Kier alpha value is -1.41. The van der Waals surface area contributed by atoms with Crippen molar-refractivity contribution in [3.8, 4) is 0 Å². The lowest BCUT2D eigenvalue weighted by atomic mass is 10.1. The number of amides is 2. The van der Waals surface area contributed by atoms with Crippen molar-refractivity contribution in [1.82, 2.24) is 15.1 Å². The summed E-state index contributed by atoms with van der Waals surface area (Å²) < 4.78 is 13.2. The molecule has 2 fully saturated rings. The van der Waals surface area contributed by atoms with Gasteiger partial charge in [0.05, 0.1) is 12.1 Å². The highest BCUT2D eigenvalue weighted by Gasteiger charge is 2.31. The van der Waals surface area contributed by atoms with Crippen LogP contribution >= 0.6 is 24.8 Å². The molecule has 2 saturated heterocycles. The molecule has 27 heavy (non-hydrogen) atoms. The molecular weight excluding hydrogens is 394 g/mol. The van der Waals surface area contributed by atoms with Gasteiger partial charge in [-0.05, 0) is 44.5 Å². The number of halogens is 3. The smallest absolute Gasteiger partial charge is 0.241 e. The molecule has 2 N–H and O–H groups in total. The Kier molecular flexibility index (Phi) is 9.45. The Morgan fingerprint density at radius 1 is 1.22 bits per heavy atom. The maximum absolute atomic E-state index is 13.2. The van der Waals surface area contributed by atoms with Gasteiger partial charge in [0.1, 0.15) is 5.82 Å². The molecule has 152 valence electrons. The van der Waals surface area contributed by atoms with Gasteiger partial charge in [-0.15, -0.1) is 24.8 Å². The van der Waals surface area contributed by atoms with E-state index in [0.29, 0.717) is 31.9 Å². The molecule has 2 heterocycles. The maximum Gasteiger partial charge on any atom is 0.241 e. The maximum atomic E-state index is 13.2. The van der Waals surface area contributed by atoms with E-state index in [1.807, 2.05) is 11.8 Å². The molecule has 3 rings (SSSR count). The van der Waals surface area contributed by atoms with Gasteiger partial charge in [0.25, 0.3) is 0 Å². The Morgan fingerprint density at radius 2 is 1.93 bits per heavy atom. The highest BCUT2D eigenvalue weighted by Crippen LogP contribution is 2.14. The zero-order valence-corrected chi connectivity index (χ0v) is 17.0. The summed E-state index contributed by atoms with van der Waals surface area (Å²) in [5.41, 5.74) is 0.456. The third-order valence-electron chi connectivity index (χ3n) is 5.00. The topological polar surface area (TPSA) is 64.7 Å². The molecule has 6 nitrogen and oxygen atoms in total. The van der Waals surface area contributed by atoms with E-state index in [-0.39, 0.29) is 54.5 Å². The van der Waals surface area contributed by atoms with Gasteiger partial charge in [-0.1, -0.05) is 6.07 Å². The minimum absolute atomic E-state index is 0. The minimum atomic E-state index is -0.377. The summed E-state index contributed by atoms with van der Waals surface area (Å²) in [6.07, 6.45) is 1.96. The molecule has 0 aliphatic carbocycles. The second-order valence-corrected chi connectivity index (χ2v) is 6.69. The van der Waals surface area contributed by atoms with Crippen LogP contribution in [0.1, 0.15) is 19.8 Å². The molecule has 0 spiro atoms. The Balaban J connectivity index is 0.00000182. The fourth-order valence-corrected chi connectivity index (χ4v) is 3.42. The van der Waals surface area contributed by atoms with E-state index in [9.17, 15) is 14.0 Å². The second kappa shape index (κ2) is 10.8. The summed E-state index contributed by atoms with van der Waals surface area (Å²) in [5, 5.41) is 5.99. The molecule has 0 radical (unpaired) electrons. The van der Waals surface area contributed by atoms with Crippen molar-refractivity contribution in [2.75, 3.05) is 38.0 Å². The summed E-state index contributed by atoms with van der Waals surface area (Å²) in [5.74, 6) is -0.366. The third kappa shape index (κ3) is 6.04. The molecule has 1 aromatic rings. The average molecular weight is 421 g/mol. The van der Waals surface area contributed by atoms with Crippen LogP contribution < -0.4 is 10.6 Å². The first-order valence-corrected chi connectivity index (χ1v) is 8.87. The van der Waals surface area contributed by atoms with Crippen LogP contribution in [0.3, 0.4) is 0 Å². The fourth-order valence-electron chi connectivity index (χ4n) is 3.42. The normalized spacial score (nSPS) is 21.0. The van der Waals surface area contributed by atoms with Crippen LogP contribution in [0.5, 0.6) is 0 Å². The second-order valence-electron chi connectivity index (χ2n) is 6.69. The summed E-state index contributed by atoms with van der Waals surface area (Å²) in [4.78, 5) is 28.7. The standard InChI is InChI=1S/C18H25FN4O2.2ClH/c1-13(17(24)21-15-5-2-4-14(19)12-15)22-8-10-23(11-9-22)18(25)16-6-3-7-20-16;;/h2,4-5,12-13,16,20H,3,6-11H2,1H3,(H,21,24);2*1H. The first kappa shape index (κ1) is 23.6. The summed E-state index contributed by atoms with van der Waals surface area (Å²) >= 11 is 0. The summed E-state index contributed by atoms with van der Waals surface area (Å²) in [6, 6.07) is 5.51. The molecule has 1 aromatic carbocycles. The number of rotatable bonds is 4. The van der Waals surface area contributed by atoms with Gasteiger partial charge in [-0.25, -0.2) is 4.39 Å². The highest BCUT2D eigenvalue weighted by molar-refractivity contribution is 5.94. The van der Waals surface area contributed by atoms with Crippen LogP contribution in [0.25, 0.3) is 0 Å². The zero-order chi connectivity index (χ0) is 17.8. The number of hydrogen-bond donors (Lipinski definition) is 2. The molecule has 0 aromatic heterocycles. The van der Waals surface area contributed by atoms with Crippen LogP contribution in [-0.4, -0.2) is 66.4 Å². The van der Waals surface area contributed by atoms with Crippen LogP contribution in [0, 0.1) is 5.82 Å². The Bertz CT molecular complexity index is 636. The lowest BCUT2D eigenvalue weighted by Crippen LogP contribution is -2.56. The number of nitrogens with one attached hydrogen (secondary N) is 2. The predicted octanol–water partition coefficient (Wildman–Crippen LogP) is 1.89. The Morgan fingerprint density at radius 3 is 2.52 bits per heavy atom. The van der Waals surface area contributed by atoms with Crippen LogP contribution in [0.2, 0.25) is 0 Å². The van der Waals surface area contributed by atoms with Crippen molar-refractivity contribution in [3.05, 3.63) is 30.1 Å². The number of hydrogen-bond acceptors (Lipinski definition) is 4. The number of anilines is 1. The lowest BCUT2D eigenvalue weighted by molar-refractivity contribution is -0.135. The molecule has 2 amide bonds. The predicted molar refractivity (Wildman–Crippen MR) is 108 cm³/mol. The van der Waals surface area contributed by atoms with Crippen molar-refractivity contribution in [1.29, 1.82) is 0 Å². The van der Waals surface area contributed by atoms with Gasteiger partial charge < -0.3 is 15.5 Å². The number of carbonyl (C=O) groups is 2. The lowest BCUT2D eigenvalue weighted by Gasteiger charge is -2.38. The first-order valence-electron chi connectivity index (χ1n) is 8.87. The zero-order valence-electron chi connectivity index (χ0n) is 15.3. The van der Waals surface area contributed by atoms with Crippen molar-refractivity contribution in [2.24, 2.45) is 0 Å². The van der Waals surface area contributed by atoms with E-state index in [1.54, 1.807) is 12.1 Å². The molecule has 0 bridgehead atoms. The van der Waals surface area contributed by atoms with Crippen LogP contribution in [0.4, 0.5) is 10.1 Å². The monoisotopic (exact) mass is 420 g/mol. The van der Waals surface area contributed by atoms with Crippen LogP contribution in [-0.2, 0) is 9.59 Å². The third-order valence-corrected chi connectivity index (χ3v) is 5.00. The van der Waals surface area contributed by atoms with Crippen molar-refractivity contribution >= 4 is 42.3 Å². The van der Waals surface area contributed by atoms with E-state index < -0.39 is 0 Å². The van der Waals surface area contributed by atoms with Crippen molar-refractivity contribution in [3.63, 3.8) is 0 Å². The summed E-state index contributed by atoms with van der Waals surface area (Å²) in [6.45, 7) is 5.34. The molecule has 2 atom stereocenters. The van der Waals surface area contributed by atoms with Crippen molar-refractivity contribution < 1.29 is 14.0 Å². The summed E-state index contributed by atoms with van der Waals surface area (Å²) in [7, 11) is 0. The molecule has 9 heteroatoms. The number of benzene rings is 1. The van der Waals surface area contributed by atoms with Gasteiger partial charge in [-0.3, -0.25) is 14.5 Å². The quantitative estimate of drug-likeness (QED) is 0.780. The number of piperazine rings is 1. The van der Waals surface area contributed by atoms with Crippen LogP contribution in [0.15, 0.2) is 24.3 Å². The molecule has 2 unspecified atom stereocenters. The van der Waals surface area contributed by atoms with E-state index in [2.05, 4.69) is 15.5 Å². The molecule has 2 aliphatic heterocycles. The van der Waals surface area contributed by atoms with Crippen molar-refractivity contribution in [2.45, 2.75) is 31.8 Å². The SMILES string of the molecule is CC(C(=O)Nc1cccc(F)c1)N1CCN(C(=O)C2CCCN2)CC1.Cl.Cl. The number of carbonyl (C=O) groups excluding carboxylic acids is 2. The number of nitrogens with zero attached hydrogens (tertiary/aromatic N) is 2.